The minimum absolute atomic E-state index is 0.484. The first kappa shape index (κ1) is 14.1. The molecule has 0 saturated heterocycles. The highest BCUT2D eigenvalue weighted by atomic mass is 16.5. The van der Waals surface area contributed by atoms with Crippen molar-refractivity contribution in [1.82, 2.24) is 14.9 Å². The molecule has 21 heavy (non-hydrogen) atoms. The molecule has 1 aromatic heterocycles. The minimum Gasteiger partial charge on any atom is -0.493 e. The molecule has 2 aromatic rings. The number of nitrogens with one attached hydrogen (secondary N) is 1. The first-order valence-electron chi connectivity index (χ1n) is 7.68. The summed E-state index contributed by atoms with van der Waals surface area (Å²) in [5, 5.41) is 3.40. The number of benzene rings is 1. The Bertz CT molecular complexity index is 591. The van der Waals surface area contributed by atoms with E-state index in [1.165, 1.54) is 5.56 Å². The summed E-state index contributed by atoms with van der Waals surface area (Å²) in [6, 6.07) is 8.85. The highest BCUT2D eigenvalue weighted by molar-refractivity contribution is 5.37. The topological polar surface area (TPSA) is 39.1 Å². The Hall–Kier alpha value is -1.81. The van der Waals surface area contributed by atoms with Gasteiger partial charge in [0.05, 0.1) is 18.6 Å². The average Bonchev–Trinajstić information content (AvgIpc) is 2.93. The Balaban J connectivity index is 1.67. The second-order valence-electron chi connectivity index (χ2n) is 5.97. The standard InChI is InChI=1S/C17H23N3O/c1-13(2)18-9-15-11-20(12-19-15)10-14-7-8-21-17-6-4-3-5-16(14)17/h3-6,11-14,18H,7-10H2,1-2H3. The van der Waals surface area contributed by atoms with Crippen molar-refractivity contribution in [1.29, 1.82) is 0 Å². The first-order valence-corrected chi connectivity index (χ1v) is 7.68. The van der Waals surface area contributed by atoms with Crippen LogP contribution in [0.5, 0.6) is 5.75 Å². The average molecular weight is 285 g/mol. The number of hydrogen-bond acceptors (Lipinski definition) is 3. The number of aromatic nitrogens is 2. The third kappa shape index (κ3) is 3.45. The molecule has 1 aliphatic heterocycles. The van der Waals surface area contributed by atoms with Crippen molar-refractivity contribution in [3.63, 3.8) is 0 Å². The lowest BCUT2D eigenvalue weighted by molar-refractivity contribution is 0.259. The molecular formula is C17H23N3O. The van der Waals surface area contributed by atoms with Crippen LogP contribution in [0, 0.1) is 0 Å². The zero-order chi connectivity index (χ0) is 14.7. The van der Waals surface area contributed by atoms with Crippen LogP contribution in [0.15, 0.2) is 36.8 Å². The van der Waals surface area contributed by atoms with Crippen LogP contribution in [0.1, 0.15) is 37.4 Å². The largest absolute Gasteiger partial charge is 0.493 e. The van der Waals surface area contributed by atoms with E-state index >= 15 is 0 Å². The fourth-order valence-electron chi connectivity index (χ4n) is 2.77. The van der Waals surface area contributed by atoms with Gasteiger partial charge in [-0.3, -0.25) is 0 Å². The highest BCUT2D eigenvalue weighted by Gasteiger charge is 2.21. The molecule has 1 N–H and O–H groups in total. The van der Waals surface area contributed by atoms with Crippen molar-refractivity contribution in [2.75, 3.05) is 6.61 Å². The van der Waals surface area contributed by atoms with E-state index in [4.69, 9.17) is 4.74 Å². The summed E-state index contributed by atoms with van der Waals surface area (Å²) in [5.74, 6) is 1.55. The van der Waals surface area contributed by atoms with Crippen molar-refractivity contribution in [3.8, 4) is 5.75 Å². The van der Waals surface area contributed by atoms with E-state index in [0.29, 0.717) is 12.0 Å². The molecule has 0 saturated carbocycles. The van der Waals surface area contributed by atoms with Gasteiger partial charge in [0.25, 0.3) is 0 Å². The van der Waals surface area contributed by atoms with Gasteiger partial charge in [-0.15, -0.1) is 0 Å². The number of hydrogen-bond donors (Lipinski definition) is 1. The van der Waals surface area contributed by atoms with E-state index in [2.05, 4.69) is 53.1 Å². The van der Waals surface area contributed by atoms with Crippen LogP contribution >= 0.6 is 0 Å². The quantitative estimate of drug-likeness (QED) is 0.918. The fourth-order valence-corrected chi connectivity index (χ4v) is 2.77. The second kappa shape index (κ2) is 6.31. The molecule has 4 nitrogen and oxygen atoms in total. The smallest absolute Gasteiger partial charge is 0.122 e. The van der Waals surface area contributed by atoms with E-state index in [0.717, 1.165) is 37.6 Å². The lowest BCUT2D eigenvalue weighted by Crippen LogP contribution is -2.22. The fraction of sp³-hybridized carbons (Fsp3) is 0.471. The van der Waals surface area contributed by atoms with Gasteiger partial charge in [-0.05, 0) is 18.1 Å². The normalized spacial score (nSPS) is 17.6. The monoisotopic (exact) mass is 285 g/mol. The zero-order valence-corrected chi connectivity index (χ0v) is 12.7. The zero-order valence-electron chi connectivity index (χ0n) is 12.7. The Morgan fingerprint density at radius 1 is 1.38 bits per heavy atom. The molecule has 1 atom stereocenters. The second-order valence-corrected chi connectivity index (χ2v) is 5.97. The molecule has 0 amide bonds. The Kier molecular flexibility index (Phi) is 4.25. The van der Waals surface area contributed by atoms with Crippen molar-refractivity contribution in [3.05, 3.63) is 48.0 Å². The van der Waals surface area contributed by atoms with Gasteiger partial charge < -0.3 is 14.6 Å². The van der Waals surface area contributed by atoms with Gasteiger partial charge in [0.15, 0.2) is 0 Å². The molecule has 112 valence electrons. The third-order valence-electron chi connectivity index (χ3n) is 3.89. The Morgan fingerprint density at radius 2 is 2.24 bits per heavy atom. The summed E-state index contributed by atoms with van der Waals surface area (Å²) < 4.78 is 7.93. The summed E-state index contributed by atoms with van der Waals surface area (Å²) >= 11 is 0. The van der Waals surface area contributed by atoms with E-state index in [1.54, 1.807) is 0 Å². The van der Waals surface area contributed by atoms with E-state index in [-0.39, 0.29) is 0 Å². The highest BCUT2D eigenvalue weighted by Crippen LogP contribution is 2.34. The lowest BCUT2D eigenvalue weighted by atomic mass is 9.93. The van der Waals surface area contributed by atoms with Crippen LogP contribution in [0.4, 0.5) is 0 Å². The predicted molar refractivity (Wildman–Crippen MR) is 83.5 cm³/mol. The molecule has 3 rings (SSSR count). The van der Waals surface area contributed by atoms with Gasteiger partial charge in [-0.2, -0.15) is 0 Å². The van der Waals surface area contributed by atoms with Crippen LogP contribution in [-0.2, 0) is 13.1 Å². The molecule has 4 heteroatoms. The van der Waals surface area contributed by atoms with Gasteiger partial charge in [0.1, 0.15) is 5.75 Å². The number of imidazole rings is 1. The van der Waals surface area contributed by atoms with Gasteiger partial charge in [-0.1, -0.05) is 32.0 Å². The van der Waals surface area contributed by atoms with Crippen molar-refractivity contribution >= 4 is 0 Å². The van der Waals surface area contributed by atoms with Crippen molar-refractivity contribution < 1.29 is 4.74 Å². The van der Waals surface area contributed by atoms with E-state index in [1.807, 2.05) is 12.4 Å². The molecule has 0 aliphatic carbocycles. The molecule has 1 unspecified atom stereocenters. The van der Waals surface area contributed by atoms with Crippen LogP contribution in [0.2, 0.25) is 0 Å². The van der Waals surface area contributed by atoms with Gasteiger partial charge >= 0.3 is 0 Å². The molecule has 1 aromatic carbocycles. The SMILES string of the molecule is CC(C)NCc1cn(CC2CCOc3ccccc32)cn1. The maximum absolute atomic E-state index is 5.73. The predicted octanol–water partition coefficient (Wildman–Crippen LogP) is 2.95. The van der Waals surface area contributed by atoms with Crippen LogP contribution < -0.4 is 10.1 Å². The van der Waals surface area contributed by atoms with Gasteiger partial charge in [0.2, 0.25) is 0 Å². The number of fused-ring (bicyclic) bond motifs is 1. The van der Waals surface area contributed by atoms with Gasteiger partial charge in [-0.25, -0.2) is 4.98 Å². The minimum atomic E-state index is 0.484. The molecular weight excluding hydrogens is 262 g/mol. The van der Waals surface area contributed by atoms with Crippen LogP contribution in [0.3, 0.4) is 0 Å². The Labute approximate surface area is 126 Å². The summed E-state index contributed by atoms with van der Waals surface area (Å²) in [6.07, 6.45) is 5.15. The summed E-state index contributed by atoms with van der Waals surface area (Å²) in [4.78, 5) is 4.48. The molecule has 1 aliphatic rings. The lowest BCUT2D eigenvalue weighted by Gasteiger charge is -2.26. The van der Waals surface area contributed by atoms with Crippen molar-refractivity contribution in [2.24, 2.45) is 0 Å². The molecule has 0 bridgehead atoms. The van der Waals surface area contributed by atoms with Crippen LogP contribution in [0.25, 0.3) is 0 Å². The summed E-state index contributed by atoms with van der Waals surface area (Å²) in [7, 11) is 0. The number of rotatable bonds is 5. The third-order valence-corrected chi connectivity index (χ3v) is 3.89. The molecule has 0 fully saturated rings. The summed E-state index contributed by atoms with van der Waals surface area (Å²) in [5.41, 5.74) is 2.42. The molecule has 2 heterocycles. The van der Waals surface area contributed by atoms with E-state index in [9.17, 15) is 0 Å². The van der Waals surface area contributed by atoms with Gasteiger partial charge in [0, 0.05) is 31.2 Å². The van der Waals surface area contributed by atoms with Crippen LogP contribution in [-0.4, -0.2) is 22.2 Å². The number of para-hydroxylation sites is 1. The first-order chi connectivity index (χ1) is 10.2. The van der Waals surface area contributed by atoms with Crippen molar-refractivity contribution in [2.45, 2.75) is 45.3 Å². The Morgan fingerprint density at radius 3 is 3.10 bits per heavy atom. The number of ether oxygens (including phenoxy) is 1. The summed E-state index contributed by atoms with van der Waals surface area (Å²) in [6.45, 7) is 6.90. The van der Waals surface area contributed by atoms with E-state index < -0.39 is 0 Å². The molecule has 0 spiro atoms. The maximum Gasteiger partial charge on any atom is 0.122 e. The molecule has 0 radical (unpaired) electrons. The maximum atomic E-state index is 5.73. The number of nitrogens with zero attached hydrogens (tertiary/aromatic N) is 2.